The Morgan fingerprint density at radius 1 is 1.38 bits per heavy atom. The van der Waals surface area contributed by atoms with E-state index in [-0.39, 0.29) is 29.9 Å². The highest BCUT2D eigenvalue weighted by Crippen LogP contribution is 2.39. The lowest BCUT2D eigenvalue weighted by Crippen LogP contribution is -2.29. The Hall–Kier alpha value is -1.95. The van der Waals surface area contributed by atoms with Gasteiger partial charge in [-0.15, -0.1) is 0 Å². The molecule has 1 aliphatic heterocycles. The highest BCUT2D eigenvalue weighted by Gasteiger charge is 2.38. The van der Waals surface area contributed by atoms with Gasteiger partial charge in [-0.05, 0) is 6.07 Å². The van der Waals surface area contributed by atoms with Crippen molar-refractivity contribution in [2.45, 2.75) is 25.3 Å². The van der Waals surface area contributed by atoms with Gasteiger partial charge in [0.1, 0.15) is 0 Å². The molecule has 4 nitrogen and oxygen atoms in total. The summed E-state index contributed by atoms with van der Waals surface area (Å²) in [7, 11) is 0. The lowest BCUT2D eigenvalue weighted by Gasteiger charge is -2.23. The van der Waals surface area contributed by atoms with Crippen molar-refractivity contribution in [1.82, 2.24) is 9.78 Å². The zero-order valence-electron chi connectivity index (χ0n) is 10.8. The topological polar surface area (TPSA) is 55.1 Å². The van der Waals surface area contributed by atoms with Crippen LogP contribution in [0.15, 0.2) is 24.3 Å². The van der Waals surface area contributed by atoms with Crippen LogP contribution in [-0.2, 0) is 13.0 Å². The molecular weight excluding hydrogens is 302 g/mol. The number of nitrogens with zero attached hydrogens (tertiary/aromatic N) is 2. The van der Waals surface area contributed by atoms with E-state index in [9.17, 15) is 18.7 Å². The highest BCUT2D eigenvalue weighted by atomic mass is 35.5. The van der Waals surface area contributed by atoms with Gasteiger partial charge < -0.3 is 5.11 Å². The Morgan fingerprint density at radius 3 is 2.76 bits per heavy atom. The summed E-state index contributed by atoms with van der Waals surface area (Å²) in [6, 6.07) is 6.57. The Morgan fingerprint density at radius 2 is 2.10 bits per heavy atom. The number of aromatic nitrogens is 2. The maximum atomic E-state index is 13.7. The van der Waals surface area contributed by atoms with Crippen LogP contribution in [-0.4, -0.2) is 26.8 Å². The maximum absolute atomic E-state index is 13.7. The highest BCUT2D eigenvalue weighted by molar-refractivity contribution is 6.33. The van der Waals surface area contributed by atoms with Gasteiger partial charge in [-0.2, -0.15) is 5.10 Å². The van der Waals surface area contributed by atoms with Gasteiger partial charge in [-0.25, -0.2) is 13.6 Å². The molecule has 0 fully saturated rings. The summed E-state index contributed by atoms with van der Waals surface area (Å²) >= 11 is 6.09. The van der Waals surface area contributed by atoms with Crippen LogP contribution in [0.3, 0.4) is 0 Å². The first-order chi connectivity index (χ1) is 9.89. The first kappa shape index (κ1) is 14.0. The van der Waals surface area contributed by atoms with Crippen LogP contribution >= 0.6 is 11.6 Å². The fourth-order valence-corrected chi connectivity index (χ4v) is 2.79. The van der Waals surface area contributed by atoms with Gasteiger partial charge in [0.05, 0.1) is 12.1 Å². The number of aryl methyl sites for hydroxylation is 1. The van der Waals surface area contributed by atoms with Crippen molar-refractivity contribution in [2.24, 2.45) is 0 Å². The number of carbonyl (C=O) groups is 1. The molecule has 0 aliphatic carbocycles. The second kappa shape index (κ2) is 4.80. The second-order valence-corrected chi connectivity index (χ2v) is 5.37. The molecule has 0 atom stereocenters. The number of rotatable bonds is 2. The van der Waals surface area contributed by atoms with Gasteiger partial charge in [-0.3, -0.25) is 4.68 Å². The number of hydrogen-bond donors (Lipinski definition) is 1. The van der Waals surface area contributed by atoms with Gasteiger partial charge in [0.15, 0.2) is 5.69 Å². The second-order valence-electron chi connectivity index (χ2n) is 4.96. The molecule has 2 heterocycles. The largest absolute Gasteiger partial charge is 0.476 e. The normalized spacial score (nSPS) is 16.5. The number of benzene rings is 1. The molecule has 0 radical (unpaired) electrons. The molecular formula is C14H11ClF2N2O2. The van der Waals surface area contributed by atoms with E-state index in [0.29, 0.717) is 10.6 Å². The van der Waals surface area contributed by atoms with Crippen molar-refractivity contribution in [3.63, 3.8) is 0 Å². The number of aromatic carboxylic acids is 1. The van der Waals surface area contributed by atoms with Crippen molar-refractivity contribution in [3.8, 4) is 11.1 Å². The summed E-state index contributed by atoms with van der Waals surface area (Å²) < 4.78 is 28.7. The molecule has 0 amide bonds. The fraction of sp³-hybridized carbons (Fsp3) is 0.286. The molecule has 2 aromatic rings. The van der Waals surface area contributed by atoms with E-state index < -0.39 is 18.3 Å². The molecule has 1 aromatic heterocycles. The third-order valence-corrected chi connectivity index (χ3v) is 3.85. The maximum Gasteiger partial charge on any atom is 0.357 e. The molecule has 1 aromatic carbocycles. The summed E-state index contributed by atoms with van der Waals surface area (Å²) in [4.78, 5) is 11.4. The van der Waals surface area contributed by atoms with Gasteiger partial charge in [-0.1, -0.05) is 29.8 Å². The van der Waals surface area contributed by atoms with Crippen LogP contribution in [0.25, 0.3) is 11.1 Å². The van der Waals surface area contributed by atoms with Gasteiger partial charge in [0.25, 0.3) is 5.92 Å². The van der Waals surface area contributed by atoms with Gasteiger partial charge >= 0.3 is 5.97 Å². The van der Waals surface area contributed by atoms with Crippen LogP contribution in [0.4, 0.5) is 8.78 Å². The number of fused-ring (bicyclic) bond motifs is 1. The van der Waals surface area contributed by atoms with Crippen LogP contribution in [0.1, 0.15) is 22.6 Å². The quantitative estimate of drug-likeness (QED) is 0.923. The first-order valence-electron chi connectivity index (χ1n) is 6.35. The predicted molar refractivity (Wildman–Crippen MR) is 72.9 cm³/mol. The van der Waals surface area contributed by atoms with E-state index in [0.717, 1.165) is 0 Å². The van der Waals surface area contributed by atoms with E-state index in [1.165, 1.54) is 4.68 Å². The Balaban J connectivity index is 2.26. The molecule has 110 valence electrons. The van der Waals surface area contributed by atoms with E-state index >= 15 is 0 Å². The van der Waals surface area contributed by atoms with Crippen LogP contribution in [0, 0.1) is 0 Å². The Labute approximate surface area is 124 Å². The zero-order valence-corrected chi connectivity index (χ0v) is 11.6. The summed E-state index contributed by atoms with van der Waals surface area (Å²) in [5.74, 6) is -4.11. The Bertz CT molecular complexity index is 728. The van der Waals surface area contributed by atoms with Gasteiger partial charge in [0, 0.05) is 29.1 Å². The van der Waals surface area contributed by atoms with Crippen molar-refractivity contribution < 1.29 is 18.7 Å². The SMILES string of the molecule is O=C(O)c1nn2c(c1-c1ccccc1Cl)CC(F)(F)CC2. The standard InChI is InChI=1S/C14H11ClF2N2O2/c15-9-4-2-1-3-8(9)11-10-7-14(16,17)5-6-19(10)18-12(11)13(20)21/h1-4H,5-7H2,(H,20,21). The van der Waals surface area contributed by atoms with Crippen LogP contribution in [0.2, 0.25) is 5.02 Å². The fourth-order valence-electron chi connectivity index (χ4n) is 2.56. The Kier molecular flexibility index (Phi) is 3.20. The number of halogens is 3. The van der Waals surface area contributed by atoms with E-state index in [1.54, 1.807) is 24.3 Å². The lowest BCUT2D eigenvalue weighted by molar-refractivity contribution is -0.0241. The third kappa shape index (κ3) is 2.40. The summed E-state index contributed by atoms with van der Waals surface area (Å²) in [6.07, 6.45) is -0.878. The summed E-state index contributed by atoms with van der Waals surface area (Å²) in [5.41, 5.74) is 0.579. The summed E-state index contributed by atoms with van der Waals surface area (Å²) in [5, 5.41) is 13.6. The molecule has 0 bridgehead atoms. The average molecular weight is 313 g/mol. The van der Waals surface area contributed by atoms with Crippen LogP contribution < -0.4 is 0 Å². The molecule has 0 spiro atoms. The molecule has 21 heavy (non-hydrogen) atoms. The average Bonchev–Trinajstić information content (AvgIpc) is 2.76. The monoisotopic (exact) mass is 312 g/mol. The zero-order chi connectivity index (χ0) is 15.2. The number of carboxylic acid groups (broad SMARTS) is 1. The molecule has 1 N–H and O–H groups in total. The van der Waals surface area contributed by atoms with E-state index in [4.69, 9.17) is 11.6 Å². The molecule has 0 unspecified atom stereocenters. The molecule has 1 aliphatic rings. The van der Waals surface area contributed by atoms with Crippen molar-refractivity contribution in [3.05, 3.63) is 40.7 Å². The van der Waals surface area contributed by atoms with E-state index in [1.807, 2.05) is 0 Å². The van der Waals surface area contributed by atoms with Crippen molar-refractivity contribution >= 4 is 17.6 Å². The van der Waals surface area contributed by atoms with E-state index in [2.05, 4.69) is 5.10 Å². The number of carboxylic acids is 1. The minimum Gasteiger partial charge on any atom is -0.476 e. The molecule has 7 heteroatoms. The van der Waals surface area contributed by atoms with Gasteiger partial charge in [0.2, 0.25) is 0 Å². The van der Waals surface area contributed by atoms with Crippen LogP contribution in [0.5, 0.6) is 0 Å². The predicted octanol–water partition coefficient (Wildman–Crippen LogP) is 3.48. The number of alkyl halides is 2. The smallest absolute Gasteiger partial charge is 0.357 e. The van der Waals surface area contributed by atoms with Crippen molar-refractivity contribution in [1.29, 1.82) is 0 Å². The lowest BCUT2D eigenvalue weighted by atomic mass is 9.96. The first-order valence-corrected chi connectivity index (χ1v) is 6.72. The number of hydrogen-bond acceptors (Lipinski definition) is 2. The summed E-state index contributed by atoms with van der Waals surface area (Å²) in [6.45, 7) is -0.00688. The van der Waals surface area contributed by atoms with Crippen molar-refractivity contribution in [2.75, 3.05) is 0 Å². The molecule has 0 saturated heterocycles. The third-order valence-electron chi connectivity index (χ3n) is 3.52. The molecule has 3 rings (SSSR count). The minimum atomic E-state index is -2.86. The minimum absolute atomic E-state index is 0.00688. The molecule has 0 saturated carbocycles.